The highest BCUT2D eigenvalue weighted by Crippen LogP contribution is 2.33. The second-order valence-electron chi connectivity index (χ2n) is 8.77. The Hall–Kier alpha value is -3.61. The number of carbonyl (C=O) groups is 2. The first-order valence-electron chi connectivity index (χ1n) is 11.1. The van der Waals surface area contributed by atoms with Gasteiger partial charge in [-0.2, -0.15) is 0 Å². The molecule has 1 aliphatic heterocycles. The summed E-state index contributed by atoms with van der Waals surface area (Å²) in [6.07, 6.45) is 3.22. The van der Waals surface area contributed by atoms with Gasteiger partial charge in [0.15, 0.2) is 5.82 Å². The summed E-state index contributed by atoms with van der Waals surface area (Å²) in [4.78, 5) is 36.9. The minimum absolute atomic E-state index is 0.126. The minimum atomic E-state index is -1.14. The molecule has 0 spiro atoms. The average molecular weight is 447 g/mol. The third kappa shape index (κ3) is 5.08. The Balaban J connectivity index is 1.49. The van der Waals surface area contributed by atoms with E-state index < -0.39 is 17.3 Å². The molecule has 0 radical (unpaired) electrons. The predicted octanol–water partition coefficient (Wildman–Crippen LogP) is 4.08. The fourth-order valence-corrected chi connectivity index (χ4v) is 4.22. The summed E-state index contributed by atoms with van der Waals surface area (Å²) in [5.41, 5.74) is 0.853. The van der Waals surface area contributed by atoms with Gasteiger partial charge in [0.2, 0.25) is 11.8 Å². The van der Waals surface area contributed by atoms with Gasteiger partial charge < -0.3 is 10.2 Å². The zero-order valence-corrected chi connectivity index (χ0v) is 18.8. The standard InChI is InChI=1S/C26H27FN4O2/c1-26(2,30-23(32)17-19-11-6-7-12-20(19)27)25(33)31-16-8-13-22(31)21-14-15-28-24(29-21)18-9-4-3-5-10-18/h3-7,9-12,14-15,22H,8,13,16-17H2,1-2H3,(H,30,32)/t22-/m1/s1. The summed E-state index contributed by atoms with van der Waals surface area (Å²) in [6.45, 7) is 3.94. The summed E-state index contributed by atoms with van der Waals surface area (Å²) >= 11 is 0. The molecule has 3 aromatic rings. The van der Waals surface area contributed by atoms with Crippen LogP contribution in [-0.4, -0.2) is 38.8 Å². The van der Waals surface area contributed by atoms with E-state index in [9.17, 15) is 14.0 Å². The fourth-order valence-electron chi connectivity index (χ4n) is 4.22. The number of halogens is 1. The molecule has 4 rings (SSSR count). The Labute approximate surface area is 192 Å². The number of nitrogens with zero attached hydrogens (tertiary/aromatic N) is 3. The molecule has 0 aliphatic carbocycles. The van der Waals surface area contributed by atoms with E-state index in [4.69, 9.17) is 4.98 Å². The first-order valence-corrected chi connectivity index (χ1v) is 11.1. The van der Waals surface area contributed by atoms with Crippen LogP contribution in [0.4, 0.5) is 4.39 Å². The van der Waals surface area contributed by atoms with Crippen LogP contribution in [0.1, 0.15) is 44.0 Å². The number of benzene rings is 2. The van der Waals surface area contributed by atoms with E-state index in [2.05, 4.69) is 10.3 Å². The highest BCUT2D eigenvalue weighted by Gasteiger charge is 2.39. The third-order valence-corrected chi connectivity index (χ3v) is 5.86. The number of carbonyl (C=O) groups excluding carboxylic acids is 2. The lowest BCUT2D eigenvalue weighted by atomic mass is 10.0. The summed E-state index contributed by atoms with van der Waals surface area (Å²) in [7, 11) is 0. The summed E-state index contributed by atoms with van der Waals surface area (Å²) in [5.74, 6) is -0.409. The van der Waals surface area contributed by atoms with E-state index in [1.165, 1.54) is 6.07 Å². The van der Waals surface area contributed by atoms with Crippen molar-refractivity contribution in [2.45, 2.75) is 44.7 Å². The van der Waals surface area contributed by atoms with Crippen molar-refractivity contribution in [3.63, 3.8) is 0 Å². The molecule has 1 N–H and O–H groups in total. The van der Waals surface area contributed by atoms with Crippen molar-refractivity contribution in [1.82, 2.24) is 20.2 Å². The molecular weight excluding hydrogens is 419 g/mol. The van der Waals surface area contributed by atoms with Crippen molar-refractivity contribution in [2.24, 2.45) is 0 Å². The first-order chi connectivity index (χ1) is 15.8. The molecule has 2 aromatic carbocycles. The molecule has 2 heterocycles. The molecule has 1 aliphatic rings. The SMILES string of the molecule is CC(C)(NC(=O)Cc1ccccc1F)C(=O)N1CCC[C@@H]1c1ccnc(-c2ccccc2)n1. The number of nitrogens with one attached hydrogen (secondary N) is 1. The van der Waals surface area contributed by atoms with Gasteiger partial charge in [-0.05, 0) is 44.4 Å². The second-order valence-corrected chi connectivity index (χ2v) is 8.77. The lowest BCUT2D eigenvalue weighted by Crippen LogP contribution is -2.56. The van der Waals surface area contributed by atoms with E-state index in [-0.39, 0.29) is 18.4 Å². The van der Waals surface area contributed by atoms with E-state index in [1.807, 2.05) is 36.4 Å². The van der Waals surface area contributed by atoms with Gasteiger partial charge >= 0.3 is 0 Å². The molecule has 1 aromatic heterocycles. The smallest absolute Gasteiger partial charge is 0.248 e. The number of rotatable bonds is 6. The van der Waals surface area contributed by atoms with E-state index in [0.29, 0.717) is 17.9 Å². The number of hydrogen-bond donors (Lipinski definition) is 1. The summed E-state index contributed by atoms with van der Waals surface area (Å²) in [6, 6.07) is 17.5. The monoisotopic (exact) mass is 446 g/mol. The molecule has 1 saturated heterocycles. The van der Waals surface area contributed by atoms with Crippen LogP contribution in [0.2, 0.25) is 0 Å². The third-order valence-electron chi connectivity index (χ3n) is 5.86. The van der Waals surface area contributed by atoms with Gasteiger partial charge in [0.25, 0.3) is 0 Å². The van der Waals surface area contributed by atoms with Gasteiger partial charge in [-0.15, -0.1) is 0 Å². The highest BCUT2D eigenvalue weighted by atomic mass is 19.1. The molecule has 0 saturated carbocycles. The van der Waals surface area contributed by atoms with E-state index in [0.717, 1.165) is 24.1 Å². The molecule has 0 bridgehead atoms. The molecular formula is C26H27FN4O2. The van der Waals surface area contributed by atoms with Crippen molar-refractivity contribution < 1.29 is 14.0 Å². The van der Waals surface area contributed by atoms with Crippen LogP contribution in [-0.2, 0) is 16.0 Å². The van der Waals surface area contributed by atoms with Crippen molar-refractivity contribution in [2.75, 3.05) is 6.54 Å². The zero-order chi connectivity index (χ0) is 23.4. The number of likely N-dealkylation sites (tertiary alicyclic amines) is 1. The van der Waals surface area contributed by atoms with Crippen LogP contribution in [0.3, 0.4) is 0 Å². The van der Waals surface area contributed by atoms with Crippen molar-refractivity contribution in [1.29, 1.82) is 0 Å². The topological polar surface area (TPSA) is 75.2 Å². The molecule has 1 fully saturated rings. The average Bonchev–Trinajstić information content (AvgIpc) is 3.30. The quantitative estimate of drug-likeness (QED) is 0.619. The molecule has 0 unspecified atom stereocenters. The minimum Gasteiger partial charge on any atom is -0.342 e. The molecule has 6 nitrogen and oxygen atoms in total. The Morgan fingerprint density at radius 3 is 2.58 bits per heavy atom. The van der Waals surface area contributed by atoms with Gasteiger partial charge in [0.1, 0.15) is 11.4 Å². The van der Waals surface area contributed by atoms with Gasteiger partial charge in [-0.3, -0.25) is 9.59 Å². The predicted molar refractivity (Wildman–Crippen MR) is 123 cm³/mol. The molecule has 170 valence electrons. The van der Waals surface area contributed by atoms with Gasteiger partial charge in [-0.25, -0.2) is 14.4 Å². The van der Waals surface area contributed by atoms with E-state index >= 15 is 0 Å². The maximum Gasteiger partial charge on any atom is 0.248 e. The van der Waals surface area contributed by atoms with Crippen LogP contribution < -0.4 is 5.32 Å². The summed E-state index contributed by atoms with van der Waals surface area (Å²) in [5, 5.41) is 2.79. The van der Waals surface area contributed by atoms with Gasteiger partial charge in [-0.1, -0.05) is 48.5 Å². The number of hydrogen-bond acceptors (Lipinski definition) is 4. The van der Waals surface area contributed by atoms with Crippen molar-refractivity contribution >= 4 is 11.8 Å². The molecule has 7 heteroatoms. The molecule has 33 heavy (non-hydrogen) atoms. The van der Waals surface area contributed by atoms with Crippen LogP contribution >= 0.6 is 0 Å². The molecule has 1 atom stereocenters. The normalized spacial score (nSPS) is 16.0. The Morgan fingerprint density at radius 2 is 1.82 bits per heavy atom. The number of aromatic nitrogens is 2. The van der Waals surface area contributed by atoms with Crippen molar-refractivity contribution in [3.8, 4) is 11.4 Å². The molecule has 2 amide bonds. The van der Waals surface area contributed by atoms with Gasteiger partial charge in [0, 0.05) is 18.3 Å². The van der Waals surface area contributed by atoms with E-state index in [1.54, 1.807) is 43.1 Å². The second kappa shape index (κ2) is 9.48. The largest absolute Gasteiger partial charge is 0.342 e. The Morgan fingerprint density at radius 1 is 1.09 bits per heavy atom. The number of amides is 2. The van der Waals surface area contributed by atoms with Crippen molar-refractivity contribution in [3.05, 3.63) is 83.9 Å². The van der Waals surface area contributed by atoms with Gasteiger partial charge in [0.05, 0.1) is 18.2 Å². The zero-order valence-electron chi connectivity index (χ0n) is 18.8. The van der Waals surface area contributed by atoms with Crippen LogP contribution in [0, 0.1) is 5.82 Å². The Bertz CT molecular complexity index is 1150. The first kappa shape index (κ1) is 22.6. The maximum atomic E-state index is 13.9. The lowest BCUT2D eigenvalue weighted by Gasteiger charge is -2.33. The lowest BCUT2D eigenvalue weighted by molar-refractivity contribution is -0.141. The summed E-state index contributed by atoms with van der Waals surface area (Å²) < 4.78 is 13.9. The van der Waals surface area contributed by atoms with Crippen LogP contribution in [0.5, 0.6) is 0 Å². The fraction of sp³-hybridized carbons (Fsp3) is 0.308. The Kier molecular flexibility index (Phi) is 6.49. The maximum absolute atomic E-state index is 13.9. The van der Waals surface area contributed by atoms with Crippen LogP contribution in [0.15, 0.2) is 66.9 Å². The van der Waals surface area contributed by atoms with Crippen LogP contribution in [0.25, 0.3) is 11.4 Å². The highest BCUT2D eigenvalue weighted by molar-refractivity contribution is 5.91.